The van der Waals surface area contributed by atoms with Gasteiger partial charge in [0.15, 0.2) is 0 Å². The van der Waals surface area contributed by atoms with Gasteiger partial charge in [-0.3, -0.25) is 0 Å². The van der Waals surface area contributed by atoms with E-state index < -0.39 is 0 Å². The van der Waals surface area contributed by atoms with Gasteiger partial charge in [0.2, 0.25) is 0 Å². The lowest BCUT2D eigenvalue weighted by atomic mass is 10.2. The summed E-state index contributed by atoms with van der Waals surface area (Å²) in [6.45, 7) is 4.39. The molecule has 0 aromatic heterocycles. The second-order valence-electron chi connectivity index (χ2n) is 2.79. The number of rotatable bonds is 7. The fraction of sp³-hybridized carbons (Fsp3) is 1.00. The Bertz CT molecular complexity index is 78.5. The fourth-order valence-corrected chi connectivity index (χ4v) is 0.865. The topological polar surface area (TPSA) is 58.3 Å². The molecule has 0 saturated carbocycles. The van der Waals surface area contributed by atoms with E-state index in [9.17, 15) is 5.11 Å². The maximum absolute atomic E-state index is 9.21. The van der Waals surface area contributed by atoms with Crippen LogP contribution in [-0.4, -0.2) is 30.8 Å². The number of nitrogens with one attached hydrogen (secondary N) is 1. The van der Waals surface area contributed by atoms with Gasteiger partial charge in [0.05, 0.1) is 6.10 Å². The minimum atomic E-state index is -0.267. The highest BCUT2D eigenvalue weighted by molar-refractivity contribution is 4.59. The third kappa shape index (κ3) is 7.78. The van der Waals surface area contributed by atoms with Crippen molar-refractivity contribution in [3.05, 3.63) is 0 Å². The summed E-state index contributed by atoms with van der Waals surface area (Å²) in [5.74, 6) is 0. The molecule has 0 saturated heterocycles. The molecule has 11 heavy (non-hydrogen) atoms. The lowest BCUT2D eigenvalue weighted by Gasteiger charge is -2.09. The van der Waals surface area contributed by atoms with Crippen LogP contribution in [0.5, 0.6) is 0 Å². The molecular weight excluding hydrogens is 140 g/mol. The molecule has 0 aliphatic rings. The Labute approximate surface area is 69.0 Å². The Morgan fingerprint density at radius 1 is 1.55 bits per heavy atom. The first kappa shape index (κ1) is 10.9. The zero-order valence-electron chi connectivity index (χ0n) is 7.34. The molecule has 0 radical (unpaired) electrons. The predicted octanol–water partition coefficient (Wildman–Crippen LogP) is 0.0858. The molecule has 0 fully saturated rings. The number of unbranched alkanes of at least 4 members (excludes halogenated alkanes) is 1. The first-order valence-electron chi connectivity index (χ1n) is 4.40. The van der Waals surface area contributed by atoms with Crippen LogP contribution in [0.3, 0.4) is 0 Å². The van der Waals surface area contributed by atoms with Gasteiger partial charge in [0, 0.05) is 6.54 Å². The molecule has 0 aromatic rings. The second-order valence-corrected chi connectivity index (χ2v) is 2.79. The predicted molar refractivity (Wildman–Crippen MR) is 47.5 cm³/mol. The summed E-state index contributed by atoms with van der Waals surface area (Å²) in [4.78, 5) is 0. The number of nitrogens with two attached hydrogens (primary N) is 1. The standard InChI is InChI=1S/C8H20N2O/c1-2-3-6-10-7-8(11)4-5-9/h8,10-11H,2-7,9H2,1H3. The van der Waals surface area contributed by atoms with Crippen LogP contribution in [0.4, 0.5) is 0 Å². The first-order valence-corrected chi connectivity index (χ1v) is 4.40. The van der Waals surface area contributed by atoms with E-state index in [1.54, 1.807) is 0 Å². The van der Waals surface area contributed by atoms with Crippen molar-refractivity contribution in [2.45, 2.75) is 32.3 Å². The highest BCUT2D eigenvalue weighted by Crippen LogP contribution is 1.87. The third-order valence-corrected chi connectivity index (χ3v) is 1.59. The molecule has 0 aromatic carbocycles. The SMILES string of the molecule is CCCCNCC(O)CCN. The van der Waals surface area contributed by atoms with Gasteiger partial charge >= 0.3 is 0 Å². The molecule has 0 aliphatic heterocycles. The van der Waals surface area contributed by atoms with Crippen molar-refractivity contribution in [2.75, 3.05) is 19.6 Å². The molecule has 4 N–H and O–H groups in total. The van der Waals surface area contributed by atoms with Crippen molar-refractivity contribution in [2.24, 2.45) is 5.73 Å². The molecule has 0 aliphatic carbocycles. The third-order valence-electron chi connectivity index (χ3n) is 1.59. The van der Waals surface area contributed by atoms with Gasteiger partial charge in [0.25, 0.3) is 0 Å². The zero-order valence-corrected chi connectivity index (χ0v) is 7.34. The highest BCUT2D eigenvalue weighted by atomic mass is 16.3. The van der Waals surface area contributed by atoms with Crippen LogP contribution >= 0.6 is 0 Å². The number of aliphatic hydroxyl groups excluding tert-OH is 1. The van der Waals surface area contributed by atoms with E-state index in [0.717, 1.165) is 6.54 Å². The van der Waals surface area contributed by atoms with Gasteiger partial charge in [-0.1, -0.05) is 13.3 Å². The Morgan fingerprint density at radius 3 is 2.82 bits per heavy atom. The van der Waals surface area contributed by atoms with E-state index in [-0.39, 0.29) is 6.10 Å². The number of aliphatic hydroxyl groups is 1. The molecule has 3 heteroatoms. The normalized spacial score (nSPS) is 13.4. The molecule has 0 bridgehead atoms. The van der Waals surface area contributed by atoms with E-state index in [2.05, 4.69) is 12.2 Å². The summed E-state index contributed by atoms with van der Waals surface area (Å²) in [5, 5.41) is 12.4. The molecule has 0 rings (SSSR count). The second kappa shape index (κ2) is 7.98. The van der Waals surface area contributed by atoms with Gasteiger partial charge in [-0.15, -0.1) is 0 Å². The van der Waals surface area contributed by atoms with E-state index in [1.807, 2.05) is 0 Å². The summed E-state index contributed by atoms with van der Waals surface area (Å²) >= 11 is 0. The average molecular weight is 160 g/mol. The maximum Gasteiger partial charge on any atom is 0.0676 e. The van der Waals surface area contributed by atoms with Gasteiger partial charge in [-0.2, -0.15) is 0 Å². The quantitative estimate of drug-likeness (QED) is 0.462. The lowest BCUT2D eigenvalue weighted by Crippen LogP contribution is -2.29. The van der Waals surface area contributed by atoms with Gasteiger partial charge in [-0.25, -0.2) is 0 Å². The monoisotopic (exact) mass is 160 g/mol. The van der Waals surface area contributed by atoms with Crippen molar-refractivity contribution in [1.29, 1.82) is 0 Å². The summed E-state index contributed by atoms with van der Waals surface area (Å²) in [5.41, 5.74) is 5.27. The molecule has 0 heterocycles. The summed E-state index contributed by atoms with van der Waals surface area (Å²) in [6, 6.07) is 0. The summed E-state index contributed by atoms with van der Waals surface area (Å²) in [6.07, 6.45) is 2.80. The van der Waals surface area contributed by atoms with E-state index in [1.165, 1.54) is 12.8 Å². The van der Waals surface area contributed by atoms with Crippen molar-refractivity contribution < 1.29 is 5.11 Å². The fourth-order valence-electron chi connectivity index (χ4n) is 0.865. The minimum Gasteiger partial charge on any atom is -0.392 e. The molecular formula is C8H20N2O. The Kier molecular flexibility index (Phi) is 7.89. The first-order chi connectivity index (χ1) is 5.31. The molecule has 1 atom stereocenters. The molecule has 0 spiro atoms. The van der Waals surface area contributed by atoms with Crippen LogP contribution in [0.15, 0.2) is 0 Å². The van der Waals surface area contributed by atoms with Crippen molar-refractivity contribution in [1.82, 2.24) is 5.32 Å². The lowest BCUT2D eigenvalue weighted by molar-refractivity contribution is 0.164. The maximum atomic E-state index is 9.21. The average Bonchev–Trinajstić information content (AvgIpc) is 1.99. The van der Waals surface area contributed by atoms with Crippen molar-refractivity contribution in [3.8, 4) is 0 Å². The molecule has 1 unspecified atom stereocenters. The largest absolute Gasteiger partial charge is 0.392 e. The van der Waals surface area contributed by atoms with E-state index in [0.29, 0.717) is 19.5 Å². The highest BCUT2D eigenvalue weighted by Gasteiger charge is 1.99. The van der Waals surface area contributed by atoms with Gasteiger partial charge in [-0.05, 0) is 25.9 Å². The van der Waals surface area contributed by atoms with Crippen LogP contribution in [0.2, 0.25) is 0 Å². The smallest absolute Gasteiger partial charge is 0.0676 e. The van der Waals surface area contributed by atoms with Crippen molar-refractivity contribution in [3.63, 3.8) is 0 Å². The van der Waals surface area contributed by atoms with Crippen LogP contribution < -0.4 is 11.1 Å². The van der Waals surface area contributed by atoms with E-state index in [4.69, 9.17) is 5.73 Å². The Morgan fingerprint density at radius 2 is 2.27 bits per heavy atom. The summed E-state index contributed by atoms with van der Waals surface area (Å²) < 4.78 is 0. The van der Waals surface area contributed by atoms with Crippen LogP contribution in [0.1, 0.15) is 26.2 Å². The van der Waals surface area contributed by atoms with Crippen LogP contribution in [-0.2, 0) is 0 Å². The summed E-state index contributed by atoms with van der Waals surface area (Å²) in [7, 11) is 0. The molecule has 68 valence electrons. The van der Waals surface area contributed by atoms with E-state index >= 15 is 0 Å². The van der Waals surface area contributed by atoms with Gasteiger partial charge in [0.1, 0.15) is 0 Å². The zero-order chi connectivity index (χ0) is 8.53. The minimum absolute atomic E-state index is 0.267. The Balaban J connectivity index is 2.97. The van der Waals surface area contributed by atoms with Crippen LogP contribution in [0.25, 0.3) is 0 Å². The van der Waals surface area contributed by atoms with Gasteiger partial charge < -0.3 is 16.2 Å². The number of hydrogen-bond donors (Lipinski definition) is 3. The Hall–Kier alpha value is -0.120. The number of hydrogen-bond acceptors (Lipinski definition) is 3. The molecule has 3 nitrogen and oxygen atoms in total. The molecule has 0 amide bonds. The van der Waals surface area contributed by atoms with Crippen molar-refractivity contribution >= 4 is 0 Å². The van der Waals surface area contributed by atoms with Crippen LogP contribution in [0, 0.1) is 0 Å².